The van der Waals surface area contributed by atoms with Gasteiger partial charge in [0, 0.05) is 25.1 Å². The summed E-state index contributed by atoms with van der Waals surface area (Å²) in [5.41, 5.74) is 1.08. The Kier molecular flexibility index (Phi) is 4.54. The number of thiophene rings is 1. The highest BCUT2D eigenvalue weighted by molar-refractivity contribution is 7.71. The van der Waals surface area contributed by atoms with E-state index >= 15 is 0 Å². The van der Waals surface area contributed by atoms with Crippen molar-refractivity contribution in [3.05, 3.63) is 25.6 Å². The van der Waals surface area contributed by atoms with E-state index < -0.39 is 0 Å². The lowest BCUT2D eigenvalue weighted by molar-refractivity contribution is 0.191. The smallest absolute Gasteiger partial charge is 0.263 e. The second kappa shape index (κ2) is 5.98. The Morgan fingerprint density at radius 2 is 2.11 bits per heavy atom. The second-order valence-electron chi connectivity index (χ2n) is 4.57. The lowest BCUT2D eigenvalue weighted by Crippen LogP contribution is -2.22. The maximum absolute atomic E-state index is 12.5. The fraction of sp³-hybridized carbons (Fsp3) is 0.538. The molecule has 4 nitrogen and oxygen atoms in total. The molecule has 0 atom stereocenters. The monoisotopic (exact) mass is 298 g/mol. The number of hydrogen-bond donors (Lipinski definition) is 1. The van der Waals surface area contributed by atoms with Gasteiger partial charge in [0.15, 0.2) is 4.77 Å². The van der Waals surface area contributed by atoms with Gasteiger partial charge in [-0.1, -0.05) is 0 Å². The number of unbranched alkanes of at least 4 members (excludes halogenated alkanes) is 1. The molecule has 0 radical (unpaired) electrons. The van der Waals surface area contributed by atoms with Crippen LogP contribution in [0.25, 0.3) is 10.2 Å². The van der Waals surface area contributed by atoms with Gasteiger partial charge in [-0.15, -0.1) is 11.3 Å². The zero-order valence-electron chi connectivity index (χ0n) is 11.4. The molecule has 1 N–H and O–H groups in total. The van der Waals surface area contributed by atoms with Crippen LogP contribution in [-0.4, -0.2) is 23.3 Å². The quantitative estimate of drug-likeness (QED) is 0.681. The topological polar surface area (TPSA) is 47.0 Å². The number of aromatic nitrogens is 2. The first kappa shape index (κ1) is 14.4. The summed E-state index contributed by atoms with van der Waals surface area (Å²) in [6.45, 7) is 5.37. The van der Waals surface area contributed by atoms with Crippen LogP contribution in [-0.2, 0) is 11.3 Å². The summed E-state index contributed by atoms with van der Waals surface area (Å²) in [7, 11) is 1.68. The molecule has 6 heteroatoms. The summed E-state index contributed by atoms with van der Waals surface area (Å²) in [5, 5.41) is 0.780. The van der Waals surface area contributed by atoms with Gasteiger partial charge in [0.2, 0.25) is 0 Å². The van der Waals surface area contributed by atoms with Crippen molar-refractivity contribution >= 4 is 33.8 Å². The third kappa shape index (κ3) is 2.80. The Hall–Kier alpha value is -0.980. The van der Waals surface area contributed by atoms with Crippen molar-refractivity contribution < 1.29 is 4.74 Å². The van der Waals surface area contributed by atoms with Crippen molar-refractivity contribution in [2.75, 3.05) is 13.7 Å². The van der Waals surface area contributed by atoms with Crippen molar-refractivity contribution in [2.24, 2.45) is 0 Å². The molecule has 19 heavy (non-hydrogen) atoms. The van der Waals surface area contributed by atoms with E-state index in [1.165, 1.54) is 0 Å². The highest BCUT2D eigenvalue weighted by Gasteiger charge is 2.12. The fourth-order valence-electron chi connectivity index (χ4n) is 2.08. The maximum atomic E-state index is 12.5. The average Bonchev–Trinajstić information content (AvgIpc) is 2.64. The van der Waals surface area contributed by atoms with Crippen LogP contribution < -0.4 is 5.56 Å². The van der Waals surface area contributed by atoms with Crippen LogP contribution in [0.15, 0.2) is 4.79 Å². The normalized spacial score (nSPS) is 11.3. The van der Waals surface area contributed by atoms with E-state index in [2.05, 4.69) is 4.98 Å². The number of hydrogen-bond acceptors (Lipinski definition) is 4. The predicted octanol–water partition coefficient (Wildman–Crippen LogP) is 3.16. The van der Waals surface area contributed by atoms with Gasteiger partial charge in [-0.3, -0.25) is 9.36 Å². The van der Waals surface area contributed by atoms with E-state index in [-0.39, 0.29) is 5.56 Å². The molecule has 2 aromatic rings. The summed E-state index contributed by atoms with van der Waals surface area (Å²) in [6, 6.07) is 0. The van der Waals surface area contributed by atoms with Crippen LogP contribution in [0.1, 0.15) is 23.3 Å². The fourth-order valence-corrected chi connectivity index (χ4v) is 3.48. The van der Waals surface area contributed by atoms with Crippen molar-refractivity contribution in [2.45, 2.75) is 33.2 Å². The first-order valence-electron chi connectivity index (χ1n) is 6.28. The third-order valence-corrected chi connectivity index (χ3v) is 4.74. The summed E-state index contributed by atoms with van der Waals surface area (Å²) in [6.07, 6.45) is 1.82. The average molecular weight is 298 g/mol. The SMILES string of the molecule is COCCCCn1c(=S)[nH]c2sc(C)c(C)c2c1=O. The van der Waals surface area contributed by atoms with Crippen molar-refractivity contribution in [3.63, 3.8) is 0 Å². The number of H-pyrrole nitrogens is 1. The van der Waals surface area contributed by atoms with Crippen molar-refractivity contribution in [1.29, 1.82) is 0 Å². The van der Waals surface area contributed by atoms with Gasteiger partial charge in [0.25, 0.3) is 5.56 Å². The van der Waals surface area contributed by atoms with Gasteiger partial charge in [-0.05, 0) is 44.5 Å². The zero-order chi connectivity index (χ0) is 14.0. The molecule has 2 rings (SSSR count). The molecule has 0 aliphatic heterocycles. The standard InChI is InChI=1S/C13H18N2O2S2/c1-8-9(2)19-11-10(8)12(16)15(13(18)14-11)6-4-5-7-17-3/h4-7H2,1-3H3,(H,14,18). The number of ether oxygens (including phenoxy) is 1. The molecule has 0 bridgehead atoms. The van der Waals surface area contributed by atoms with Crippen LogP contribution in [0.5, 0.6) is 0 Å². The molecule has 104 valence electrons. The highest BCUT2D eigenvalue weighted by Crippen LogP contribution is 2.25. The zero-order valence-corrected chi connectivity index (χ0v) is 13.0. The summed E-state index contributed by atoms with van der Waals surface area (Å²) >= 11 is 6.87. The Bertz CT molecular complexity index is 697. The van der Waals surface area contributed by atoms with Gasteiger partial charge in [-0.25, -0.2) is 0 Å². The van der Waals surface area contributed by atoms with Crippen molar-refractivity contribution in [3.8, 4) is 0 Å². The number of nitrogens with zero attached hydrogens (tertiary/aromatic N) is 1. The molecule has 0 spiro atoms. The molecule has 0 amide bonds. The molecule has 0 saturated heterocycles. The number of rotatable bonds is 5. The van der Waals surface area contributed by atoms with Crippen LogP contribution in [0.4, 0.5) is 0 Å². The van der Waals surface area contributed by atoms with Crippen LogP contribution >= 0.6 is 23.6 Å². The highest BCUT2D eigenvalue weighted by atomic mass is 32.1. The number of aromatic amines is 1. The second-order valence-corrected chi connectivity index (χ2v) is 6.19. The molecule has 0 aliphatic carbocycles. The van der Waals surface area contributed by atoms with E-state index in [1.807, 2.05) is 13.8 Å². The Morgan fingerprint density at radius 1 is 1.37 bits per heavy atom. The van der Waals surface area contributed by atoms with Gasteiger partial charge >= 0.3 is 0 Å². The lowest BCUT2D eigenvalue weighted by Gasteiger charge is -2.06. The summed E-state index contributed by atoms with van der Waals surface area (Å²) < 4.78 is 7.18. The van der Waals surface area contributed by atoms with Gasteiger partial charge in [0.1, 0.15) is 4.83 Å². The predicted molar refractivity (Wildman–Crippen MR) is 81.9 cm³/mol. The molecule has 0 aliphatic rings. The minimum atomic E-state index is 0.0259. The molecule has 2 aromatic heterocycles. The lowest BCUT2D eigenvalue weighted by atomic mass is 10.2. The maximum Gasteiger partial charge on any atom is 0.263 e. The number of fused-ring (bicyclic) bond motifs is 1. The Balaban J connectivity index is 2.41. The minimum absolute atomic E-state index is 0.0259. The van der Waals surface area contributed by atoms with Crippen LogP contribution in [0.2, 0.25) is 0 Å². The largest absolute Gasteiger partial charge is 0.385 e. The molecule has 0 unspecified atom stereocenters. The first-order chi connectivity index (χ1) is 9.06. The molecule has 0 saturated carbocycles. The first-order valence-corrected chi connectivity index (χ1v) is 7.50. The third-order valence-electron chi connectivity index (χ3n) is 3.29. The number of aryl methyl sites for hydroxylation is 2. The number of methoxy groups -OCH3 is 1. The van der Waals surface area contributed by atoms with Crippen molar-refractivity contribution in [1.82, 2.24) is 9.55 Å². The minimum Gasteiger partial charge on any atom is -0.385 e. The van der Waals surface area contributed by atoms with Gasteiger partial charge < -0.3 is 9.72 Å². The van der Waals surface area contributed by atoms with Crippen LogP contribution in [0.3, 0.4) is 0 Å². The van der Waals surface area contributed by atoms with E-state index in [0.29, 0.717) is 17.9 Å². The summed E-state index contributed by atoms with van der Waals surface area (Å²) in [5.74, 6) is 0. The van der Waals surface area contributed by atoms with E-state index in [0.717, 1.165) is 33.5 Å². The number of nitrogens with one attached hydrogen (secondary N) is 1. The summed E-state index contributed by atoms with van der Waals surface area (Å²) in [4.78, 5) is 17.7. The molecule has 0 aromatic carbocycles. The molecule has 0 fully saturated rings. The van der Waals surface area contributed by atoms with E-state index in [9.17, 15) is 4.79 Å². The van der Waals surface area contributed by atoms with Crippen LogP contribution in [0, 0.1) is 18.6 Å². The van der Waals surface area contributed by atoms with Gasteiger partial charge in [0.05, 0.1) is 5.39 Å². The molecular formula is C13H18N2O2S2. The molecular weight excluding hydrogens is 280 g/mol. The van der Waals surface area contributed by atoms with E-state index in [1.54, 1.807) is 23.0 Å². The van der Waals surface area contributed by atoms with Gasteiger partial charge in [-0.2, -0.15) is 0 Å². The Morgan fingerprint density at radius 3 is 2.79 bits per heavy atom. The Labute approximate surface area is 121 Å². The van der Waals surface area contributed by atoms with E-state index in [4.69, 9.17) is 17.0 Å². The molecule has 2 heterocycles.